The molecule has 41 heavy (non-hydrogen) atoms. The zero-order valence-corrected chi connectivity index (χ0v) is 27.1. The van der Waals surface area contributed by atoms with Crippen molar-refractivity contribution in [3.8, 4) is 0 Å². The first-order chi connectivity index (χ1) is 19.5. The van der Waals surface area contributed by atoms with Gasteiger partial charge in [0.15, 0.2) is 5.75 Å². The van der Waals surface area contributed by atoms with Crippen LogP contribution in [0.15, 0.2) is 121 Å². The molecule has 0 spiro atoms. The van der Waals surface area contributed by atoms with Crippen LogP contribution in [0.2, 0.25) is 6.32 Å². The van der Waals surface area contributed by atoms with Crippen molar-refractivity contribution in [2.45, 2.75) is 77.1 Å². The minimum absolute atomic E-state index is 0.0608. The van der Waals surface area contributed by atoms with Crippen LogP contribution in [0.1, 0.15) is 71.7 Å². The molecule has 0 aliphatic carbocycles. The average molecular weight is 565 g/mol. The summed E-state index contributed by atoms with van der Waals surface area (Å²) in [5.74, 6) is 0.917. The molecule has 0 atom stereocenters. The Morgan fingerprint density at radius 3 is 1.24 bits per heavy atom. The lowest BCUT2D eigenvalue weighted by Crippen LogP contribution is -2.66. The molecule has 1 nitrogen and oxygen atoms in total. The highest BCUT2D eigenvalue weighted by molar-refractivity contribution is 8.00. The van der Waals surface area contributed by atoms with Crippen molar-refractivity contribution in [1.82, 2.24) is 0 Å². The molecule has 0 fully saturated rings. The predicted octanol–water partition coefficient (Wildman–Crippen LogP) is 8.04. The standard InChI is InChI=1S/C22H24B.C16H25OS/c1-2-3-19-23(20-13-7-4-8-14-20,21-15-9-5-10-16-21)22-17-11-6-12-18-22;1-15(2,3)18(16(4,5)6)12-14(17)13-10-8-7-9-11-13/h4-18H,2-3,19H2,1H3;7-11H,12H2,1-6H3/q-1;+1. The molecule has 0 radical (unpaired) electrons. The van der Waals surface area contributed by atoms with E-state index >= 15 is 0 Å². The van der Waals surface area contributed by atoms with Crippen LogP contribution in [0.4, 0.5) is 0 Å². The molecular weight excluding hydrogens is 515 g/mol. The van der Waals surface area contributed by atoms with Gasteiger partial charge in [-0.1, -0.05) is 141 Å². The van der Waals surface area contributed by atoms with Gasteiger partial charge in [-0.25, -0.2) is 0 Å². The Labute approximate surface area is 253 Å². The van der Waals surface area contributed by atoms with Crippen LogP contribution in [0.5, 0.6) is 0 Å². The highest BCUT2D eigenvalue weighted by Gasteiger charge is 2.45. The minimum Gasteiger partial charge on any atom is -0.289 e. The van der Waals surface area contributed by atoms with Gasteiger partial charge in [-0.05, 0) is 41.5 Å². The van der Waals surface area contributed by atoms with Gasteiger partial charge in [0.2, 0.25) is 5.78 Å². The van der Waals surface area contributed by atoms with Crippen LogP contribution in [0.3, 0.4) is 0 Å². The van der Waals surface area contributed by atoms with Gasteiger partial charge < -0.3 is 0 Å². The zero-order chi connectivity index (χ0) is 29.9. The van der Waals surface area contributed by atoms with Crippen LogP contribution < -0.4 is 16.4 Å². The van der Waals surface area contributed by atoms with Crippen LogP contribution >= 0.6 is 0 Å². The molecule has 0 saturated carbocycles. The van der Waals surface area contributed by atoms with Crippen molar-refractivity contribution in [2.75, 3.05) is 5.75 Å². The first kappa shape index (κ1) is 32.5. The monoisotopic (exact) mass is 564 g/mol. The molecule has 0 saturated heterocycles. The van der Waals surface area contributed by atoms with E-state index in [9.17, 15) is 4.79 Å². The summed E-state index contributed by atoms with van der Waals surface area (Å²) in [6, 6.07) is 42.8. The van der Waals surface area contributed by atoms with Gasteiger partial charge in [0.25, 0.3) is 0 Å². The molecular formula is C38H49BOS. The molecule has 216 valence electrons. The van der Waals surface area contributed by atoms with Crippen LogP contribution in [0, 0.1) is 0 Å². The third kappa shape index (κ3) is 8.73. The minimum atomic E-state index is -0.913. The zero-order valence-electron chi connectivity index (χ0n) is 26.3. The smallest absolute Gasteiger partial charge is 0.211 e. The number of rotatable bonds is 9. The van der Waals surface area contributed by atoms with E-state index in [1.807, 2.05) is 30.3 Å². The number of hydrogen-bond acceptors (Lipinski definition) is 1. The van der Waals surface area contributed by atoms with Gasteiger partial charge in [0, 0.05) is 16.5 Å². The Balaban J connectivity index is 0.000000233. The number of unbranched alkanes of at least 4 members (excludes halogenated alkanes) is 1. The molecule has 0 aliphatic rings. The predicted molar refractivity (Wildman–Crippen MR) is 186 cm³/mol. The van der Waals surface area contributed by atoms with Gasteiger partial charge in [-0.2, -0.15) is 22.7 Å². The quantitative estimate of drug-likeness (QED) is 0.114. The number of carbonyl (C=O) groups is 1. The lowest BCUT2D eigenvalue weighted by Gasteiger charge is -2.43. The maximum absolute atomic E-state index is 12.4. The second-order valence-corrected chi connectivity index (χ2v) is 16.5. The summed E-state index contributed by atoms with van der Waals surface area (Å²) in [6.07, 6.45) is 2.73. The van der Waals surface area contributed by atoms with E-state index in [-0.39, 0.29) is 26.2 Å². The summed E-state index contributed by atoms with van der Waals surface area (Å²) < 4.78 is 0.339. The Morgan fingerprint density at radius 1 is 0.585 bits per heavy atom. The van der Waals surface area contributed by atoms with Crippen molar-refractivity contribution in [3.63, 3.8) is 0 Å². The second-order valence-electron chi connectivity index (χ2n) is 13.0. The van der Waals surface area contributed by atoms with Crippen molar-refractivity contribution in [3.05, 3.63) is 127 Å². The molecule has 4 aromatic carbocycles. The maximum Gasteiger partial charge on any atom is 0.211 e. The Kier molecular flexibility index (Phi) is 11.7. The molecule has 3 heteroatoms. The van der Waals surface area contributed by atoms with Gasteiger partial charge >= 0.3 is 0 Å². The maximum atomic E-state index is 12.4. The molecule has 0 aliphatic heterocycles. The van der Waals surface area contributed by atoms with Gasteiger partial charge in [-0.15, -0.1) is 0 Å². The van der Waals surface area contributed by atoms with E-state index in [1.54, 1.807) is 0 Å². The van der Waals surface area contributed by atoms with E-state index in [0.717, 1.165) is 5.56 Å². The third-order valence-electron chi connectivity index (χ3n) is 7.95. The number of benzene rings is 4. The van der Waals surface area contributed by atoms with Gasteiger partial charge in [0.1, 0.15) is 9.49 Å². The highest BCUT2D eigenvalue weighted by Crippen LogP contribution is 2.32. The number of carbonyl (C=O) groups excluding carboxylic acids is 1. The summed E-state index contributed by atoms with van der Waals surface area (Å²) in [5.41, 5.74) is 5.17. The van der Waals surface area contributed by atoms with E-state index in [1.165, 1.54) is 35.6 Å². The third-order valence-corrected chi connectivity index (χ3v) is 11.5. The van der Waals surface area contributed by atoms with E-state index < -0.39 is 6.15 Å². The molecule has 0 heterocycles. The highest BCUT2D eigenvalue weighted by atomic mass is 32.2. The van der Waals surface area contributed by atoms with Crippen LogP contribution in [-0.4, -0.2) is 27.2 Å². The average Bonchev–Trinajstić information content (AvgIpc) is 2.97. The summed E-state index contributed by atoms with van der Waals surface area (Å²) >= 11 is 0. The lowest BCUT2D eigenvalue weighted by atomic mass is 9.14. The lowest BCUT2D eigenvalue weighted by molar-refractivity contribution is 0.102. The van der Waals surface area contributed by atoms with Gasteiger partial charge in [-0.3, -0.25) is 4.79 Å². The summed E-state index contributed by atoms with van der Waals surface area (Å²) in [7, 11) is 0.0608. The molecule has 0 amide bonds. The first-order valence-corrected chi connectivity index (χ1v) is 16.5. The number of hydrogen-bond donors (Lipinski definition) is 0. The van der Waals surface area contributed by atoms with Crippen molar-refractivity contribution in [1.29, 1.82) is 0 Å². The number of Topliss-reactive ketones (excluding diaryl/α,β-unsaturated/α-hetero) is 1. The largest absolute Gasteiger partial charge is 0.289 e. The molecule has 4 aromatic rings. The Bertz CT molecular complexity index is 1200. The van der Waals surface area contributed by atoms with Crippen molar-refractivity contribution >= 4 is 39.2 Å². The fourth-order valence-electron chi connectivity index (χ4n) is 6.12. The molecule has 0 unspecified atom stereocenters. The molecule has 0 aromatic heterocycles. The number of ketones is 1. The van der Waals surface area contributed by atoms with Crippen LogP contribution in [-0.2, 0) is 10.9 Å². The Morgan fingerprint density at radius 2 is 0.927 bits per heavy atom. The topological polar surface area (TPSA) is 17.1 Å². The molecule has 4 rings (SSSR count). The summed E-state index contributed by atoms with van der Waals surface area (Å²) in [4.78, 5) is 12.4. The SMILES string of the molecule is CC(C)(C)[S+](CC(=O)c1ccccc1)C(C)(C)C.CCCC[B-](c1ccccc1)(c1ccccc1)c1ccccc1. The second kappa shape index (κ2) is 14.7. The van der Waals surface area contributed by atoms with Crippen LogP contribution in [0.25, 0.3) is 0 Å². The summed E-state index contributed by atoms with van der Waals surface area (Å²) in [6.45, 7) is 15.7. The van der Waals surface area contributed by atoms with Crippen molar-refractivity contribution in [2.24, 2.45) is 0 Å². The first-order valence-electron chi connectivity index (χ1n) is 15.1. The van der Waals surface area contributed by atoms with E-state index in [2.05, 4.69) is 139 Å². The summed E-state index contributed by atoms with van der Waals surface area (Å²) in [5, 5.41) is 0. The van der Waals surface area contributed by atoms with Crippen molar-refractivity contribution < 1.29 is 4.79 Å². The normalized spacial score (nSPS) is 12.0. The van der Waals surface area contributed by atoms with Gasteiger partial charge in [0.05, 0.1) is 6.15 Å². The molecule has 0 bridgehead atoms. The fourth-order valence-corrected chi connectivity index (χ4v) is 9.25. The van der Waals surface area contributed by atoms with E-state index in [4.69, 9.17) is 0 Å². The Hall–Kier alpha value is -3.04. The van der Waals surface area contributed by atoms with E-state index in [0.29, 0.717) is 5.75 Å². The fraction of sp³-hybridized carbons (Fsp3) is 0.342. The molecule has 0 N–H and O–H groups in total.